The second kappa shape index (κ2) is 12.4. The third kappa shape index (κ3) is 4.88. The van der Waals surface area contributed by atoms with Crippen LogP contribution in [0.1, 0.15) is 0 Å². The molecule has 3 aromatic heterocycles. The first kappa shape index (κ1) is 30.7. The van der Waals surface area contributed by atoms with Crippen molar-refractivity contribution in [2.75, 3.05) is 0 Å². The van der Waals surface area contributed by atoms with Crippen molar-refractivity contribution in [1.29, 1.82) is 0 Å². The summed E-state index contributed by atoms with van der Waals surface area (Å²) in [6, 6.07) is 67.0. The Labute approximate surface area is 316 Å². The average molecular weight is 706 g/mol. The number of rotatable bonds is 5. The van der Waals surface area contributed by atoms with Crippen LogP contribution in [0, 0.1) is 0 Å². The fourth-order valence-electron chi connectivity index (χ4n) is 8.10. The molecule has 54 heavy (non-hydrogen) atoms. The summed E-state index contributed by atoms with van der Waals surface area (Å²) in [4.78, 5) is 10.8. The van der Waals surface area contributed by atoms with Crippen molar-refractivity contribution >= 4 is 64.1 Å². The second-order valence-corrected chi connectivity index (χ2v) is 14.8. The molecular weight excluding hydrogens is 675 g/mol. The zero-order chi connectivity index (χ0) is 35.6. The number of hydrogen-bond acceptors (Lipinski definition) is 3. The highest BCUT2D eigenvalue weighted by atomic mass is 32.1. The van der Waals surface area contributed by atoms with Crippen LogP contribution < -0.4 is 0 Å². The van der Waals surface area contributed by atoms with Gasteiger partial charge in [-0.1, -0.05) is 158 Å². The van der Waals surface area contributed by atoms with E-state index in [2.05, 4.69) is 180 Å². The molecule has 0 saturated heterocycles. The topological polar surface area (TPSA) is 30.7 Å². The summed E-state index contributed by atoms with van der Waals surface area (Å²) in [5, 5.41) is 7.40. The monoisotopic (exact) mass is 705 g/mol. The minimum atomic E-state index is 0.652. The lowest BCUT2D eigenvalue weighted by Crippen LogP contribution is -2.04. The summed E-state index contributed by atoms with van der Waals surface area (Å²) in [5.74, 6) is 0.652. The molecule has 0 radical (unpaired) electrons. The molecule has 3 nitrogen and oxygen atoms in total. The Balaban J connectivity index is 1.31. The maximum Gasteiger partial charge on any atom is 0.235 e. The van der Waals surface area contributed by atoms with Gasteiger partial charge in [-0.3, -0.25) is 4.57 Å². The molecule has 11 aromatic rings. The SMILES string of the molecule is c1ccc(-c2ccc3sc4c(c3c2)c2ccccc2c2c4c3cc(-c4ccccc4)ccc3n2-c2nc(-c3ccccc3)cc(-c3ccccc3)n2)cc1. The number of nitrogens with zero attached hydrogens (tertiary/aromatic N) is 3. The third-order valence-electron chi connectivity index (χ3n) is 10.6. The van der Waals surface area contributed by atoms with Crippen LogP contribution in [-0.4, -0.2) is 14.5 Å². The van der Waals surface area contributed by atoms with Crippen molar-refractivity contribution in [3.05, 3.63) is 188 Å². The van der Waals surface area contributed by atoms with E-state index >= 15 is 0 Å². The highest BCUT2D eigenvalue weighted by Gasteiger charge is 2.24. The Morgan fingerprint density at radius 3 is 1.46 bits per heavy atom. The predicted molar refractivity (Wildman–Crippen MR) is 229 cm³/mol. The zero-order valence-corrected chi connectivity index (χ0v) is 30.0. The first-order valence-corrected chi connectivity index (χ1v) is 19.1. The molecule has 0 atom stereocenters. The van der Waals surface area contributed by atoms with Crippen LogP contribution in [-0.2, 0) is 0 Å². The van der Waals surface area contributed by atoms with Gasteiger partial charge in [0.25, 0.3) is 0 Å². The van der Waals surface area contributed by atoms with Gasteiger partial charge < -0.3 is 0 Å². The van der Waals surface area contributed by atoms with Crippen LogP contribution >= 0.6 is 11.3 Å². The van der Waals surface area contributed by atoms with Gasteiger partial charge >= 0.3 is 0 Å². The maximum absolute atomic E-state index is 5.38. The Morgan fingerprint density at radius 2 is 0.870 bits per heavy atom. The lowest BCUT2D eigenvalue weighted by Gasteiger charge is -2.13. The van der Waals surface area contributed by atoms with Crippen molar-refractivity contribution < 1.29 is 0 Å². The lowest BCUT2D eigenvalue weighted by atomic mass is 9.97. The minimum Gasteiger partial charge on any atom is -0.277 e. The fourth-order valence-corrected chi connectivity index (χ4v) is 9.36. The molecule has 0 aliphatic heterocycles. The van der Waals surface area contributed by atoms with Crippen LogP contribution in [0.3, 0.4) is 0 Å². The molecule has 8 aromatic carbocycles. The number of aromatic nitrogens is 3. The quantitative estimate of drug-likeness (QED) is 0.178. The van der Waals surface area contributed by atoms with Crippen molar-refractivity contribution in [2.24, 2.45) is 0 Å². The van der Waals surface area contributed by atoms with E-state index in [0.717, 1.165) is 33.5 Å². The molecule has 3 heterocycles. The number of thiophene rings is 1. The van der Waals surface area contributed by atoms with E-state index in [9.17, 15) is 0 Å². The van der Waals surface area contributed by atoms with Crippen LogP contribution in [0.2, 0.25) is 0 Å². The fraction of sp³-hybridized carbons (Fsp3) is 0. The Hall–Kier alpha value is -6.88. The van der Waals surface area contributed by atoms with E-state index in [0.29, 0.717) is 5.95 Å². The molecule has 0 amide bonds. The highest BCUT2D eigenvalue weighted by molar-refractivity contribution is 7.27. The van der Waals surface area contributed by atoms with Gasteiger partial charge in [0.1, 0.15) is 0 Å². The first-order valence-electron chi connectivity index (χ1n) is 18.2. The van der Waals surface area contributed by atoms with E-state index in [1.54, 1.807) is 0 Å². The third-order valence-corrected chi connectivity index (χ3v) is 11.8. The van der Waals surface area contributed by atoms with Crippen LogP contribution in [0.15, 0.2) is 188 Å². The van der Waals surface area contributed by atoms with E-state index < -0.39 is 0 Å². The largest absolute Gasteiger partial charge is 0.277 e. The lowest BCUT2D eigenvalue weighted by molar-refractivity contribution is 0.998. The summed E-state index contributed by atoms with van der Waals surface area (Å²) in [7, 11) is 0. The molecule has 0 N–H and O–H groups in total. The zero-order valence-electron chi connectivity index (χ0n) is 29.1. The van der Waals surface area contributed by atoms with Crippen LogP contribution in [0.25, 0.3) is 103 Å². The average Bonchev–Trinajstić information content (AvgIpc) is 3.81. The van der Waals surface area contributed by atoms with Crippen LogP contribution in [0.5, 0.6) is 0 Å². The summed E-state index contributed by atoms with van der Waals surface area (Å²) in [6.45, 7) is 0. The predicted octanol–water partition coefficient (Wildman–Crippen LogP) is 13.8. The highest BCUT2D eigenvalue weighted by Crippen LogP contribution is 2.49. The minimum absolute atomic E-state index is 0.652. The van der Waals surface area contributed by atoms with Gasteiger partial charge in [0.15, 0.2) is 0 Å². The molecule has 0 spiro atoms. The summed E-state index contributed by atoms with van der Waals surface area (Å²) >= 11 is 1.88. The smallest absolute Gasteiger partial charge is 0.235 e. The van der Waals surface area contributed by atoms with Gasteiger partial charge in [0.2, 0.25) is 5.95 Å². The van der Waals surface area contributed by atoms with Gasteiger partial charge in [-0.25, -0.2) is 9.97 Å². The van der Waals surface area contributed by atoms with E-state index in [4.69, 9.17) is 9.97 Å². The Morgan fingerprint density at radius 1 is 0.370 bits per heavy atom. The van der Waals surface area contributed by atoms with Gasteiger partial charge in [-0.2, -0.15) is 0 Å². The molecule has 252 valence electrons. The van der Waals surface area contributed by atoms with Gasteiger partial charge in [-0.05, 0) is 58.0 Å². The van der Waals surface area contributed by atoms with Crippen LogP contribution in [0.4, 0.5) is 0 Å². The molecular formula is C50H31N3S. The first-order chi connectivity index (χ1) is 26.8. The maximum atomic E-state index is 5.38. The number of benzene rings is 8. The number of hydrogen-bond donors (Lipinski definition) is 0. The molecule has 0 unspecified atom stereocenters. The van der Waals surface area contributed by atoms with Gasteiger partial charge in [-0.15, -0.1) is 11.3 Å². The van der Waals surface area contributed by atoms with Gasteiger partial charge in [0.05, 0.1) is 22.4 Å². The van der Waals surface area contributed by atoms with Gasteiger partial charge in [0, 0.05) is 47.5 Å². The van der Waals surface area contributed by atoms with E-state index in [1.807, 2.05) is 23.5 Å². The van der Waals surface area contributed by atoms with Crippen molar-refractivity contribution in [3.63, 3.8) is 0 Å². The molecule has 0 saturated carbocycles. The molecule has 4 heteroatoms. The van der Waals surface area contributed by atoms with Crippen molar-refractivity contribution in [3.8, 4) is 50.7 Å². The standard InChI is InChI=1S/C50H31N3S/c1-5-15-32(16-6-1)36-25-27-44-40(29-36)47-48(53(44)50-51-42(34-19-9-3-10-20-34)31-43(52-50)35-21-11-4-12-22-35)39-24-14-13-23-38(39)46-41-30-37(33-17-7-2-8-18-33)26-28-45(41)54-49(46)47/h1-31H. The van der Waals surface area contributed by atoms with E-state index in [1.165, 1.54) is 64.0 Å². The van der Waals surface area contributed by atoms with Crippen molar-refractivity contribution in [1.82, 2.24) is 14.5 Å². The summed E-state index contributed by atoms with van der Waals surface area (Å²) in [5.41, 5.74) is 10.9. The molecule has 0 aliphatic rings. The normalized spacial score (nSPS) is 11.7. The molecule has 11 rings (SSSR count). The Bertz CT molecular complexity index is 3130. The second-order valence-electron chi connectivity index (χ2n) is 13.8. The molecule has 0 aliphatic carbocycles. The molecule has 0 bridgehead atoms. The van der Waals surface area contributed by atoms with Crippen molar-refractivity contribution in [2.45, 2.75) is 0 Å². The number of fused-ring (bicyclic) bond motifs is 10. The Kier molecular flexibility index (Phi) is 7.04. The summed E-state index contributed by atoms with van der Waals surface area (Å²) < 4.78 is 4.87. The van der Waals surface area contributed by atoms with E-state index in [-0.39, 0.29) is 0 Å². The molecule has 0 fully saturated rings. The summed E-state index contributed by atoms with van der Waals surface area (Å²) in [6.07, 6.45) is 0.